The van der Waals surface area contributed by atoms with Crippen LogP contribution in [0, 0.1) is 6.92 Å². The summed E-state index contributed by atoms with van der Waals surface area (Å²) in [5, 5.41) is 3.18. The summed E-state index contributed by atoms with van der Waals surface area (Å²) < 4.78 is 10.8. The maximum atomic E-state index is 13.3. The van der Waals surface area contributed by atoms with Crippen LogP contribution in [0.15, 0.2) is 77.0 Å². The lowest BCUT2D eigenvalue weighted by molar-refractivity contribution is -0.137. The predicted octanol–water partition coefficient (Wildman–Crippen LogP) is 3.99. The Hall–Kier alpha value is -3.80. The van der Waals surface area contributed by atoms with E-state index in [9.17, 15) is 9.59 Å². The highest BCUT2D eigenvalue weighted by molar-refractivity contribution is 6.36. The molecule has 1 N–H and O–H groups in total. The summed E-state index contributed by atoms with van der Waals surface area (Å²) in [5.41, 5.74) is 2.79. The van der Waals surface area contributed by atoms with Gasteiger partial charge in [0.25, 0.3) is 11.8 Å². The monoisotopic (exact) mass is 388 g/mol. The van der Waals surface area contributed by atoms with Gasteiger partial charge in [0.05, 0.1) is 25.5 Å². The molecule has 4 rings (SSSR count). The van der Waals surface area contributed by atoms with E-state index in [0.29, 0.717) is 17.1 Å². The zero-order valence-corrected chi connectivity index (χ0v) is 16.1. The molecule has 1 aromatic heterocycles. The van der Waals surface area contributed by atoms with E-state index in [4.69, 9.17) is 9.15 Å². The summed E-state index contributed by atoms with van der Waals surface area (Å²) in [5.74, 6) is 0.248. The minimum absolute atomic E-state index is 0.0578. The number of aryl methyl sites for hydroxylation is 1. The number of carbonyl (C=O) groups is 2. The summed E-state index contributed by atoms with van der Waals surface area (Å²) >= 11 is 0. The molecule has 0 unspecified atom stereocenters. The Morgan fingerprint density at radius 3 is 2.45 bits per heavy atom. The Morgan fingerprint density at radius 1 is 0.966 bits per heavy atom. The number of imide groups is 1. The molecular formula is C23H20N2O4. The number of ether oxygens (including phenoxy) is 1. The third-order valence-corrected chi connectivity index (χ3v) is 4.84. The summed E-state index contributed by atoms with van der Waals surface area (Å²) in [7, 11) is 1.54. The lowest BCUT2D eigenvalue weighted by atomic mass is 10.0. The third kappa shape index (κ3) is 3.40. The average Bonchev–Trinajstić information content (AvgIpc) is 3.33. The van der Waals surface area contributed by atoms with Gasteiger partial charge in [-0.2, -0.15) is 0 Å². The summed E-state index contributed by atoms with van der Waals surface area (Å²) in [6.45, 7) is 2.00. The Balaban J connectivity index is 1.81. The van der Waals surface area contributed by atoms with E-state index < -0.39 is 11.8 Å². The molecule has 0 saturated carbocycles. The summed E-state index contributed by atoms with van der Waals surface area (Å²) in [6, 6.07) is 18.2. The van der Waals surface area contributed by atoms with Gasteiger partial charge in [-0.15, -0.1) is 0 Å². The quantitative estimate of drug-likeness (QED) is 0.647. The van der Waals surface area contributed by atoms with E-state index in [1.54, 1.807) is 24.3 Å². The first-order chi connectivity index (χ1) is 14.1. The Kier molecular flexibility index (Phi) is 4.91. The standard InChI is InChI=1S/C23H20N2O4/c1-15-8-3-5-11-18(15)24-21-20(17-10-4-6-12-19(17)28-2)22(26)25(23(21)27)14-16-9-7-13-29-16/h3-13,24H,14H2,1-2H3. The number of furan rings is 1. The fourth-order valence-electron chi connectivity index (χ4n) is 3.34. The smallest absolute Gasteiger partial charge is 0.278 e. The topological polar surface area (TPSA) is 71.8 Å². The molecular weight excluding hydrogens is 368 g/mol. The van der Waals surface area contributed by atoms with Crippen molar-refractivity contribution in [2.45, 2.75) is 13.5 Å². The van der Waals surface area contributed by atoms with Crippen LogP contribution in [0.3, 0.4) is 0 Å². The minimum atomic E-state index is -0.407. The maximum Gasteiger partial charge on any atom is 0.278 e. The van der Waals surface area contributed by atoms with Crippen molar-refractivity contribution in [3.8, 4) is 5.75 Å². The zero-order chi connectivity index (χ0) is 20.4. The van der Waals surface area contributed by atoms with Gasteiger partial charge in [-0.25, -0.2) is 0 Å². The van der Waals surface area contributed by atoms with Gasteiger partial charge < -0.3 is 14.5 Å². The van der Waals surface area contributed by atoms with Crippen LogP contribution in [0.25, 0.3) is 5.57 Å². The molecule has 0 bridgehead atoms. The van der Waals surface area contributed by atoms with E-state index in [2.05, 4.69) is 5.32 Å². The van der Waals surface area contributed by atoms with Crippen molar-refractivity contribution < 1.29 is 18.7 Å². The second-order valence-corrected chi connectivity index (χ2v) is 6.67. The molecule has 2 heterocycles. The zero-order valence-electron chi connectivity index (χ0n) is 16.1. The molecule has 0 spiro atoms. The molecule has 3 aromatic rings. The van der Waals surface area contributed by atoms with Crippen LogP contribution < -0.4 is 10.1 Å². The van der Waals surface area contributed by atoms with Crippen molar-refractivity contribution in [2.24, 2.45) is 0 Å². The molecule has 0 saturated heterocycles. The van der Waals surface area contributed by atoms with Gasteiger partial charge in [-0.05, 0) is 36.8 Å². The third-order valence-electron chi connectivity index (χ3n) is 4.84. The number of hydrogen-bond donors (Lipinski definition) is 1. The second-order valence-electron chi connectivity index (χ2n) is 6.67. The average molecular weight is 388 g/mol. The number of carbonyl (C=O) groups excluding carboxylic acids is 2. The van der Waals surface area contributed by atoms with E-state index in [-0.39, 0.29) is 17.8 Å². The van der Waals surface area contributed by atoms with Crippen molar-refractivity contribution in [3.63, 3.8) is 0 Å². The van der Waals surface area contributed by atoms with E-state index >= 15 is 0 Å². The van der Waals surface area contributed by atoms with Gasteiger partial charge in [-0.3, -0.25) is 14.5 Å². The molecule has 2 aromatic carbocycles. The van der Waals surface area contributed by atoms with Crippen LogP contribution in [0.5, 0.6) is 5.75 Å². The van der Waals surface area contributed by atoms with Crippen LogP contribution >= 0.6 is 0 Å². The minimum Gasteiger partial charge on any atom is -0.496 e. The van der Waals surface area contributed by atoms with Gasteiger partial charge in [0, 0.05) is 11.3 Å². The molecule has 0 fully saturated rings. The first kappa shape index (κ1) is 18.6. The number of methoxy groups -OCH3 is 1. The molecule has 146 valence electrons. The SMILES string of the molecule is COc1ccccc1C1=C(Nc2ccccc2C)C(=O)N(Cc2ccco2)C1=O. The normalized spacial score (nSPS) is 13.9. The predicted molar refractivity (Wildman–Crippen MR) is 109 cm³/mol. The van der Waals surface area contributed by atoms with Gasteiger partial charge >= 0.3 is 0 Å². The van der Waals surface area contributed by atoms with Gasteiger partial charge in [0.15, 0.2) is 0 Å². The van der Waals surface area contributed by atoms with Crippen molar-refractivity contribution in [1.29, 1.82) is 0 Å². The molecule has 6 nitrogen and oxygen atoms in total. The molecule has 2 amide bonds. The number of anilines is 1. The van der Waals surface area contributed by atoms with E-state index in [1.807, 2.05) is 43.3 Å². The van der Waals surface area contributed by atoms with Crippen LogP contribution in [0.4, 0.5) is 5.69 Å². The molecule has 6 heteroatoms. The first-order valence-electron chi connectivity index (χ1n) is 9.19. The van der Waals surface area contributed by atoms with Gasteiger partial charge in [-0.1, -0.05) is 36.4 Å². The van der Waals surface area contributed by atoms with Crippen LogP contribution in [0.2, 0.25) is 0 Å². The van der Waals surface area contributed by atoms with Crippen molar-refractivity contribution in [2.75, 3.05) is 12.4 Å². The number of nitrogens with zero attached hydrogens (tertiary/aromatic N) is 1. The Morgan fingerprint density at radius 2 is 1.72 bits per heavy atom. The van der Waals surface area contributed by atoms with Crippen LogP contribution in [-0.4, -0.2) is 23.8 Å². The largest absolute Gasteiger partial charge is 0.496 e. The summed E-state index contributed by atoms with van der Waals surface area (Å²) in [4.78, 5) is 27.7. The molecule has 0 atom stereocenters. The number of rotatable bonds is 6. The number of amides is 2. The van der Waals surface area contributed by atoms with E-state index in [1.165, 1.54) is 18.3 Å². The fraction of sp³-hybridized carbons (Fsp3) is 0.130. The summed E-state index contributed by atoms with van der Waals surface area (Å²) in [6.07, 6.45) is 1.52. The lowest BCUT2D eigenvalue weighted by Crippen LogP contribution is -2.31. The maximum absolute atomic E-state index is 13.3. The number of hydrogen-bond acceptors (Lipinski definition) is 5. The number of para-hydroxylation sites is 2. The number of benzene rings is 2. The first-order valence-corrected chi connectivity index (χ1v) is 9.19. The second kappa shape index (κ2) is 7.67. The molecule has 0 aliphatic carbocycles. The molecule has 1 aliphatic rings. The van der Waals surface area contributed by atoms with Crippen molar-refractivity contribution >= 4 is 23.1 Å². The van der Waals surface area contributed by atoms with Gasteiger partial charge in [0.2, 0.25) is 0 Å². The highest BCUT2D eigenvalue weighted by Gasteiger charge is 2.40. The highest BCUT2D eigenvalue weighted by atomic mass is 16.5. The van der Waals surface area contributed by atoms with Crippen LogP contribution in [0.1, 0.15) is 16.9 Å². The van der Waals surface area contributed by atoms with Gasteiger partial charge in [0.1, 0.15) is 17.2 Å². The van der Waals surface area contributed by atoms with Crippen molar-refractivity contribution in [1.82, 2.24) is 4.90 Å². The fourth-order valence-corrected chi connectivity index (χ4v) is 3.34. The Labute approximate surface area is 168 Å². The van der Waals surface area contributed by atoms with Crippen LogP contribution in [-0.2, 0) is 16.1 Å². The molecule has 1 aliphatic heterocycles. The molecule has 29 heavy (non-hydrogen) atoms. The molecule has 0 radical (unpaired) electrons. The number of nitrogens with one attached hydrogen (secondary N) is 1. The lowest BCUT2D eigenvalue weighted by Gasteiger charge is -2.14. The highest BCUT2D eigenvalue weighted by Crippen LogP contribution is 2.36. The van der Waals surface area contributed by atoms with Crippen molar-refractivity contribution in [3.05, 3.63) is 89.5 Å². The van der Waals surface area contributed by atoms with E-state index in [0.717, 1.165) is 11.3 Å². The Bertz CT molecular complexity index is 1100.